The molecule has 2 aromatic heterocycles. The molecule has 6 nitrogen and oxygen atoms in total. The van der Waals surface area contributed by atoms with Crippen LogP contribution in [0.3, 0.4) is 0 Å². The Hall–Kier alpha value is -2.99. The van der Waals surface area contributed by atoms with Gasteiger partial charge in [0, 0.05) is 42.8 Å². The van der Waals surface area contributed by atoms with Gasteiger partial charge in [0.05, 0.1) is 12.3 Å². The zero-order chi connectivity index (χ0) is 18.4. The summed E-state index contributed by atoms with van der Waals surface area (Å²) in [6.07, 6.45) is 6.23. The van der Waals surface area contributed by atoms with Crippen LogP contribution in [0.25, 0.3) is 11.3 Å². The van der Waals surface area contributed by atoms with Crippen molar-refractivity contribution in [2.75, 3.05) is 6.54 Å². The average Bonchev–Trinajstić information content (AvgIpc) is 3.10. The van der Waals surface area contributed by atoms with E-state index in [2.05, 4.69) is 19.9 Å². The van der Waals surface area contributed by atoms with Crippen LogP contribution >= 0.6 is 0 Å². The molecule has 0 fully saturated rings. The Kier molecular flexibility index (Phi) is 5.76. The highest BCUT2D eigenvalue weighted by Gasteiger charge is 2.07. The van der Waals surface area contributed by atoms with Gasteiger partial charge in [-0.2, -0.15) is 0 Å². The van der Waals surface area contributed by atoms with Crippen molar-refractivity contribution >= 4 is 5.91 Å². The van der Waals surface area contributed by atoms with Crippen LogP contribution in [0.4, 0.5) is 0 Å². The Balaban J connectivity index is 1.54. The number of imidazole rings is 1. The molecule has 1 amide bonds. The van der Waals surface area contributed by atoms with E-state index >= 15 is 0 Å². The number of hydrogen-bond acceptors (Lipinski definition) is 4. The van der Waals surface area contributed by atoms with Crippen LogP contribution in [0.15, 0.2) is 55.0 Å². The predicted octanol–water partition coefficient (Wildman–Crippen LogP) is 2.57. The second kappa shape index (κ2) is 8.40. The molecule has 0 bridgehead atoms. The van der Waals surface area contributed by atoms with E-state index in [4.69, 9.17) is 0 Å². The normalized spacial score (nSPS) is 10.7. The third-order valence-corrected chi connectivity index (χ3v) is 4.23. The number of rotatable bonds is 7. The lowest BCUT2D eigenvalue weighted by Gasteiger charge is -2.08. The van der Waals surface area contributed by atoms with Gasteiger partial charge in [-0.25, -0.2) is 4.98 Å². The van der Waals surface area contributed by atoms with E-state index in [0.717, 1.165) is 35.6 Å². The van der Waals surface area contributed by atoms with Gasteiger partial charge in [-0.05, 0) is 43.2 Å². The number of nitrogens with one attached hydrogen (secondary N) is 1. The summed E-state index contributed by atoms with van der Waals surface area (Å²) in [6.45, 7) is 3.38. The van der Waals surface area contributed by atoms with Crippen LogP contribution in [-0.2, 0) is 13.2 Å². The van der Waals surface area contributed by atoms with Gasteiger partial charge in [-0.1, -0.05) is 12.1 Å². The van der Waals surface area contributed by atoms with Gasteiger partial charge < -0.3 is 15.0 Å². The monoisotopic (exact) mass is 350 g/mol. The van der Waals surface area contributed by atoms with E-state index < -0.39 is 0 Å². The lowest BCUT2D eigenvalue weighted by atomic mass is 10.1. The van der Waals surface area contributed by atoms with Crippen LogP contribution in [0.5, 0.6) is 0 Å². The SMILES string of the molecule is Cc1nccn1CCCNC(=O)c1ccc(-c2cc(CO)ccn2)cc1. The molecule has 0 aliphatic carbocycles. The number of pyridine rings is 1. The van der Waals surface area contributed by atoms with Crippen molar-refractivity contribution in [1.82, 2.24) is 19.9 Å². The highest BCUT2D eigenvalue weighted by molar-refractivity contribution is 5.94. The lowest BCUT2D eigenvalue weighted by Crippen LogP contribution is -2.25. The summed E-state index contributed by atoms with van der Waals surface area (Å²) in [5.74, 6) is 0.891. The number of benzene rings is 1. The molecule has 1 aromatic carbocycles. The third kappa shape index (κ3) is 4.34. The molecule has 26 heavy (non-hydrogen) atoms. The third-order valence-electron chi connectivity index (χ3n) is 4.23. The molecule has 0 aliphatic heterocycles. The molecule has 134 valence electrons. The minimum Gasteiger partial charge on any atom is -0.392 e. The van der Waals surface area contributed by atoms with Crippen LogP contribution in [0.1, 0.15) is 28.2 Å². The number of nitrogens with zero attached hydrogens (tertiary/aromatic N) is 3. The standard InChI is InChI=1S/C20H22N4O2/c1-15-21-10-12-24(15)11-2-8-23-20(26)18-5-3-17(4-6-18)19-13-16(14-25)7-9-22-19/h3-7,9-10,12-13,25H,2,8,11,14H2,1H3,(H,23,26). The van der Waals surface area contributed by atoms with Crippen molar-refractivity contribution in [2.45, 2.75) is 26.5 Å². The summed E-state index contributed by atoms with van der Waals surface area (Å²) in [4.78, 5) is 20.7. The minimum absolute atomic E-state index is 0.0192. The van der Waals surface area contributed by atoms with Crippen molar-refractivity contribution in [3.05, 3.63) is 71.9 Å². The van der Waals surface area contributed by atoms with Gasteiger partial charge in [-0.15, -0.1) is 0 Å². The number of carbonyl (C=O) groups is 1. The first-order valence-corrected chi connectivity index (χ1v) is 8.59. The molecule has 6 heteroatoms. The predicted molar refractivity (Wildman–Crippen MR) is 99.5 cm³/mol. The maximum atomic E-state index is 12.2. The molecular weight excluding hydrogens is 328 g/mol. The molecule has 0 radical (unpaired) electrons. The molecule has 0 unspecified atom stereocenters. The Labute approximate surface area is 152 Å². The van der Waals surface area contributed by atoms with Gasteiger partial charge >= 0.3 is 0 Å². The molecule has 2 N–H and O–H groups in total. The highest BCUT2D eigenvalue weighted by atomic mass is 16.3. The van der Waals surface area contributed by atoms with Crippen LogP contribution in [0, 0.1) is 6.92 Å². The number of carbonyl (C=O) groups excluding carboxylic acids is 1. The molecule has 0 aliphatic rings. The van der Waals surface area contributed by atoms with E-state index in [9.17, 15) is 9.90 Å². The van der Waals surface area contributed by atoms with E-state index in [1.54, 1.807) is 30.6 Å². The second-order valence-electron chi connectivity index (χ2n) is 6.06. The van der Waals surface area contributed by atoms with Crippen LogP contribution in [-0.4, -0.2) is 32.1 Å². The van der Waals surface area contributed by atoms with E-state index in [0.29, 0.717) is 12.1 Å². The number of aryl methyl sites for hydroxylation is 2. The molecular formula is C20H22N4O2. The van der Waals surface area contributed by atoms with Gasteiger partial charge in [0.1, 0.15) is 5.82 Å². The van der Waals surface area contributed by atoms with Crippen LogP contribution < -0.4 is 5.32 Å². The van der Waals surface area contributed by atoms with Crippen molar-refractivity contribution < 1.29 is 9.90 Å². The van der Waals surface area contributed by atoms with E-state index in [1.165, 1.54) is 0 Å². The maximum absolute atomic E-state index is 12.2. The molecule has 0 atom stereocenters. The molecule has 3 aromatic rings. The zero-order valence-corrected chi connectivity index (χ0v) is 14.7. The lowest BCUT2D eigenvalue weighted by molar-refractivity contribution is 0.0952. The summed E-state index contributed by atoms with van der Waals surface area (Å²) in [6, 6.07) is 10.9. The first kappa shape index (κ1) is 17.8. The Bertz CT molecular complexity index is 872. The number of hydrogen-bond donors (Lipinski definition) is 2. The highest BCUT2D eigenvalue weighted by Crippen LogP contribution is 2.18. The molecule has 2 heterocycles. The summed E-state index contributed by atoms with van der Waals surface area (Å²) >= 11 is 0. The zero-order valence-electron chi connectivity index (χ0n) is 14.7. The molecule has 0 saturated heterocycles. The summed E-state index contributed by atoms with van der Waals surface area (Å²) < 4.78 is 2.06. The quantitative estimate of drug-likeness (QED) is 0.642. The Morgan fingerprint density at radius 2 is 1.96 bits per heavy atom. The van der Waals surface area contributed by atoms with Crippen LogP contribution in [0.2, 0.25) is 0 Å². The second-order valence-corrected chi connectivity index (χ2v) is 6.06. The van der Waals surface area contributed by atoms with Gasteiger partial charge in [0.2, 0.25) is 0 Å². The minimum atomic E-state index is -0.0871. The van der Waals surface area contributed by atoms with Gasteiger partial charge in [0.15, 0.2) is 0 Å². The van der Waals surface area contributed by atoms with Gasteiger partial charge in [-0.3, -0.25) is 9.78 Å². The first-order valence-electron chi connectivity index (χ1n) is 8.59. The number of aliphatic hydroxyl groups is 1. The number of amides is 1. The van der Waals surface area contributed by atoms with Crippen molar-refractivity contribution in [3.63, 3.8) is 0 Å². The van der Waals surface area contributed by atoms with Crippen molar-refractivity contribution in [3.8, 4) is 11.3 Å². The fraction of sp³-hybridized carbons (Fsp3) is 0.250. The molecule has 0 spiro atoms. The van der Waals surface area contributed by atoms with Crippen molar-refractivity contribution in [2.24, 2.45) is 0 Å². The summed E-state index contributed by atoms with van der Waals surface area (Å²) in [5, 5.41) is 12.2. The fourth-order valence-electron chi connectivity index (χ4n) is 2.72. The number of aromatic nitrogens is 3. The fourth-order valence-corrected chi connectivity index (χ4v) is 2.72. The van der Waals surface area contributed by atoms with Crippen molar-refractivity contribution in [1.29, 1.82) is 0 Å². The molecule has 0 saturated carbocycles. The number of aliphatic hydroxyl groups excluding tert-OH is 1. The smallest absolute Gasteiger partial charge is 0.251 e. The molecule has 3 rings (SSSR count). The topological polar surface area (TPSA) is 80.0 Å². The van der Waals surface area contributed by atoms with Gasteiger partial charge in [0.25, 0.3) is 5.91 Å². The first-order chi connectivity index (χ1) is 12.7. The average molecular weight is 350 g/mol. The summed E-state index contributed by atoms with van der Waals surface area (Å²) in [7, 11) is 0. The largest absolute Gasteiger partial charge is 0.392 e. The Morgan fingerprint density at radius 1 is 1.15 bits per heavy atom. The summed E-state index contributed by atoms with van der Waals surface area (Å²) in [5.41, 5.74) is 3.11. The maximum Gasteiger partial charge on any atom is 0.251 e. The van der Waals surface area contributed by atoms with E-state index in [-0.39, 0.29) is 12.5 Å². The Morgan fingerprint density at radius 3 is 2.65 bits per heavy atom. The van der Waals surface area contributed by atoms with E-state index in [1.807, 2.05) is 31.3 Å².